The molecule has 0 fully saturated rings. The fraction of sp³-hybridized carbons (Fsp3) is 0.188. The summed E-state index contributed by atoms with van der Waals surface area (Å²) in [5, 5.41) is 4.00. The highest BCUT2D eigenvalue weighted by Gasteiger charge is 2.22. The van der Waals surface area contributed by atoms with E-state index < -0.39 is 0 Å². The lowest BCUT2D eigenvalue weighted by Gasteiger charge is -2.25. The molecule has 5 heteroatoms. The van der Waals surface area contributed by atoms with Crippen molar-refractivity contribution in [1.29, 1.82) is 0 Å². The number of nitrogens with zero attached hydrogens (tertiary/aromatic N) is 1. The van der Waals surface area contributed by atoms with Crippen LogP contribution in [0.1, 0.15) is 18.0 Å². The first kappa shape index (κ1) is 12.5. The molecular formula is C16H13ClN2O2. The molecule has 4 rings (SSSR count). The summed E-state index contributed by atoms with van der Waals surface area (Å²) in [5.74, 6) is 0.917. The van der Waals surface area contributed by atoms with Crippen molar-refractivity contribution < 1.29 is 9.15 Å². The minimum absolute atomic E-state index is 0.137. The third-order valence-corrected chi connectivity index (χ3v) is 3.84. The number of benzene rings is 2. The van der Waals surface area contributed by atoms with Gasteiger partial charge >= 0.3 is 0 Å². The number of oxazole rings is 1. The lowest BCUT2D eigenvalue weighted by atomic mass is 10.0. The minimum atomic E-state index is 0.137. The summed E-state index contributed by atoms with van der Waals surface area (Å²) in [4.78, 5) is 4.44. The molecule has 0 spiro atoms. The molecule has 3 aromatic rings. The Morgan fingerprint density at radius 3 is 3.05 bits per heavy atom. The number of ether oxygens (including phenoxy) is 1. The number of rotatable bonds is 2. The van der Waals surface area contributed by atoms with E-state index >= 15 is 0 Å². The van der Waals surface area contributed by atoms with Crippen LogP contribution in [-0.2, 0) is 0 Å². The normalized spacial score (nSPS) is 17.3. The third kappa shape index (κ3) is 2.32. The lowest BCUT2D eigenvalue weighted by Crippen LogP contribution is -2.20. The topological polar surface area (TPSA) is 47.3 Å². The second kappa shape index (κ2) is 4.97. The van der Waals surface area contributed by atoms with Gasteiger partial charge in [-0.3, -0.25) is 0 Å². The molecule has 2 heterocycles. The van der Waals surface area contributed by atoms with Crippen molar-refractivity contribution in [3.8, 4) is 5.75 Å². The van der Waals surface area contributed by atoms with Gasteiger partial charge in [0.1, 0.15) is 11.3 Å². The van der Waals surface area contributed by atoms with Gasteiger partial charge in [0, 0.05) is 17.0 Å². The molecule has 21 heavy (non-hydrogen) atoms. The van der Waals surface area contributed by atoms with E-state index in [-0.39, 0.29) is 6.04 Å². The van der Waals surface area contributed by atoms with Gasteiger partial charge in [-0.2, -0.15) is 4.98 Å². The number of para-hydroxylation sites is 1. The van der Waals surface area contributed by atoms with E-state index in [1.165, 1.54) is 0 Å². The summed E-state index contributed by atoms with van der Waals surface area (Å²) in [5.41, 5.74) is 2.61. The van der Waals surface area contributed by atoms with Crippen molar-refractivity contribution in [2.75, 3.05) is 11.9 Å². The zero-order chi connectivity index (χ0) is 14.2. The number of hydrogen-bond donors (Lipinski definition) is 1. The van der Waals surface area contributed by atoms with Crippen molar-refractivity contribution in [2.45, 2.75) is 12.5 Å². The van der Waals surface area contributed by atoms with Crippen LogP contribution >= 0.6 is 11.6 Å². The Morgan fingerprint density at radius 1 is 1.19 bits per heavy atom. The van der Waals surface area contributed by atoms with E-state index in [1.54, 1.807) is 12.1 Å². The van der Waals surface area contributed by atoms with Crippen LogP contribution in [0.15, 0.2) is 46.9 Å². The van der Waals surface area contributed by atoms with Crippen LogP contribution in [0.2, 0.25) is 5.02 Å². The molecule has 1 unspecified atom stereocenters. The Bertz CT molecular complexity index is 800. The highest BCUT2D eigenvalue weighted by atomic mass is 35.5. The van der Waals surface area contributed by atoms with E-state index in [0.717, 1.165) is 28.8 Å². The molecule has 106 valence electrons. The average molecular weight is 301 g/mol. The molecule has 1 aliphatic rings. The molecule has 4 nitrogen and oxygen atoms in total. The fourth-order valence-corrected chi connectivity index (χ4v) is 2.77. The molecule has 0 radical (unpaired) electrons. The fourth-order valence-electron chi connectivity index (χ4n) is 2.60. The Hall–Kier alpha value is -2.20. The number of nitrogens with one attached hydrogen (secondary N) is 1. The van der Waals surface area contributed by atoms with Crippen LogP contribution in [0.4, 0.5) is 6.01 Å². The van der Waals surface area contributed by atoms with Gasteiger partial charge in [-0.15, -0.1) is 0 Å². The third-order valence-electron chi connectivity index (χ3n) is 3.61. The molecule has 0 amide bonds. The Kier molecular flexibility index (Phi) is 2.97. The zero-order valence-corrected chi connectivity index (χ0v) is 11.9. The van der Waals surface area contributed by atoms with Crippen LogP contribution in [-0.4, -0.2) is 11.6 Å². The molecule has 1 N–H and O–H groups in total. The van der Waals surface area contributed by atoms with Gasteiger partial charge < -0.3 is 14.5 Å². The largest absolute Gasteiger partial charge is 0.493 e. The van der Waals surface area contributed by atoms with Crippen molar-refractivity contribution in [2.24, 2.45) is 0 Å². The van der Waals surface area contributed by atoms with Crippen molar-refractivity contribution in [1.82, 2.24) is 4.98 Å². The van der Waals surface area contributed by atoms with Gasteiger partial charge in [-0.25, -0.2) is 0 Å². The number of fused-ring (bicyclic) bond motifs is 2. The molecule has 1 atom stereocenters. The predicted molar refractivity (Wildman–Crippen MR) is 81.9 cm³/mol. The minimum Gasteiger partial charge on any atom is -0.493 e. The maximum Gasteiger partial charge on any atom is 0.296 e. The smallest absolute Gasteiger partial charge is 0.296 e. The zero-order valence-electron chi connectivity index (χ0n) is 11.2. The molecule has 0 bridgehead atoms. The van der Waals surface area contributed by atoms with Crippen LogP contribution in [0, 0.1) is 0 Å². The summed E-state index contributed by atoms with van der Waals surface area (Å²) >= 11 is 5.97. The number of aromatic nitrogens is 1. The van der Waals surface area contributed by atoms with Gasteiger partial charge in [0.25, 0.3) is 6.01 Å². The SMILES string of the molecule is Clc1ccc2oc(NC3CCOc4ccccc43)nc2c1. The first-order chi connectivity index (χ1) is 10.3. The van der Waals surface area contributed by atoms with Crippen LogP contribution in [0.25, 0.3) is 11.1 Å². The van der Waals surface area contributed by atoms with Gasteiger partial charge in [0.15, 0.2) is 5.58 Å². The molecule has 0 aliphatic carbocycles. The number of hydrogen-bond acceptors (Lipinski definition) is 4. The second-order valence-electron chi connectivity index (χ2n) is 5.00. The summed E-state index contributed by atoms with van der Waals surface area (Å²) in [6.07, 6.45) is 0.872. The van der Waals surface area contributed by atoms with E-state index in [4.69, 9.17) is 20.8 Å². The molecule has 1 aliphatic heterocycles. The standard InChI is InChI=1S/C16H13ClN2O2/c17-10-5-6-15-13(9-10)19-16(21-15)18-12-7-8-20-14-4-2-1-3-11(12)14/h1-6,9,12H,7-8H2,(H,18,19). The highest BCUT2D eigenvalue weighted by Crippen LogP contribution is 2.34. The van der Waals surface area contributed by atoms with Crippen molar-refractivity contribution >= 4 is 28.7 Å². The monoisotopic (exact) mass is 300 g/mol. The van der Waals surface area contributed by atoms with Crippen molar-refractivity contribution in [3.05, 3.63) is 53.1 Å². The van der Waals surface area contributed by atoms with Crippen molar-refractivity contribution in [3.63, 3.8) is 0 Å². The predicted octanol–water partition coefficient (Wildman–Crippen LogP) is 4.42. The second-order valence-corrected chi connectivity index (χ2v) is 5.44. The van der Waals surface area contributed by atoms with Gasteiger partial charge in [0.05, 0.1) is 12.6 Å². The van der Waals surface area contributed by atoms with Crippen LogP contribution < -0.4 is 10.1 Å². The molecular weight excluding hydrogens is 288 g/mol. The lowest BCUT2D eigenvalue weighted by molar-refractivity contribution is 0.273. The summed E-state index contributed by atoms with van der Waals surface area (Å²) in [7, 11) is 0. The first-order valence-corrected chi connectivity index (χ1v) is 7.22. The summed E-state index contributed by atoms with van der Waals surface area (Å²) in [6.45, 7) is 0.681. The molecule has 1 aromatic heterocycles. The van der Waals surface area contributed by atoms with E-state index in [9.17, 15) is 0 Å². The van der Waals surface area contributed by atoms with Crippen LogP contribution in [0.5, 0.6) is 5.75 Å². The maximum atomic E-state index is 5.97. The van der Waals surface area contributed by atoms with Gasteiger partial charge in [-0.05, 0) is 24.3 Å². The molecule has 0 saturated heterocycles. The Morgan fingerprint density at radius 2 is 2.10 bits per heavy atom. The van der Waals surface area contributed by atoms with E-state index in [2.05, 4.69) is 16.4 Å². The maximum absolute atomic E-state index is 5.97. The highest BCUT2D eigenvalue weighted by molar-refractivity contribution is 6.31. The Balaban J connectivity index is 1.66. The van der Waals surface area contributed by atoms with Gasteiger partial charge in [0.2, 0.25) is 0 Å². The quantitative estimate of drug-likeness (QED) is 0.761. The number of halogens is 1. The molecule has 2 aromatic carbocycles. The Labute approximate surface area is 126 Å². The van der Waals surface area contributed by atoms with Gasteiger partial charge in [-0.1, -0.05) is 29.8 Å². The van der Waals surface area contributed by atoms with E-state index in [1.807, 2.05) is 24.3 Å². The first-order valence-electron chi connectivity index (χ1n) is 6.84. The summed E-state index contributed by atoms with van der Waals surface area (Å²) < 4.78 is 11.4. The summed E-state index contributed by atoms with van der Waals surface area (Å²) in [6, 6.07) is 14.1. The average Bonchev–Trinajstić information content (AvgIpc) is 2.89. The van der Waals surface area contributed by atoms with Crippen LogP contribution in [0.3, 0.4) is 0 Å². The molecule has 0 saturated carbocycles. The number of anilines is 1. The van der Waals surface area contributed by atoms with E-state index in [0.29, 0.717) is 17.6 Å².